The van der Waals surface area contributed by atoms with Gasteiger partial charge in [0.15, 0.2) is 0 Å². The van der Waals surface area contributed by atoms with E-state index in [-0.39, 0.29) is 46.4 Å². The summed E-state index contributed by atoms with van der Waals surface area (Å²) in [5.74, 6) is -0.400. The summed E-state index contributed by atoms with van der Waals surface area (Å²) in [5, 5.41) is 19.2. The Bertz CT molecular complexity index is 3780. The molecule has 0 aliphatic carbocycles. The number of nitriles is 2. The van der Waals surface area contributed by atoms with Crippen LogP contribution in [-0.2, 0) is 43.7 Å². The molecule has 12 aromatic rings. The first kappa shape index (κ1) is 70.1. The number of methoxy groups -OCH3 is 1. The Labute approximate surface area is 513 Å². The number of hydrogen-bond donors (Lipinski definition) is 0. The minimum Gasteiger partial charge on any atom is -0.254 e. The van der Waals surface area contributed by atoms with E-state index in [0.29, 0.717) is 5.56 Å². The van der Waals surface area contributed by atoms with Gasteiger partial charge in [0.1, 0.15) is 0 Å². The third kappa shape index (κ3) is 23.2. The van der Waals surface area contributed by atoms with E-state index >= 15 is 0 Å². The molecule has 21 heteroatoms. The molecule has 0 atom stereocenters. The second-order valence-corrected chi connectivity index (χ2v) is 18.8. The summed E-state index contributed by atoms with van der Waals surface area (Å²) in [6.07, 6.45) is 14.2. The second kappa shape index (κ2) is 32.6. The molecule has 8 heterocycles. The minimum absolute atomic E-state index is 0. The molecule has 12 nitrogen and oxygen atoms in total. The van der Waals surface area contributed by atoms with Gasteiger partial charge in [-0.3, -0.25) is 39.9 Å². The van der Waals surface area contributed by atoms with E-state index in [1.807, 2.05) is 97.1 Å². The molecular weight excluding hydrogens is 1290 g/mol. The van der Waals surface area contributed by atoms with Crippen LogP contribution in [0, 0.1) is 41.7 Å². The van der Waals surface area contributed by atoms with E-state index in [4.69, 9.17) is 15.3 Å². The number of nitrogens with zero attached hydrogens (tertiary/aromatic N) is 10. The van der Waals surface area contributed by atoms with Crippen LogP contribution in [0.15, 0.2) is 219 Å². The maximum atomic E-state index is 11.9. The van der Waals surface area contributed by atoms with Crippen molar-refractivity contribution in [3.63, 3.8) is 0 Å². The van der Waals surface area contributed by atoms with E-state index in [1.165, 1.54) is 26.5 Å². The molecule has 0 N–H and O–H groups in total. The van der Waals surface area contributed by atoms with Gasteiger partial charge in [0.25, 0.3) is 0 Å². The number of fused-ring (bicyclic) bond motifs is 6. The normalized spacial score (nSPS) is 10.6. The molecule has 434 valence electrons. The van der Waals surface area contributed by atoms with Crippen LogP contribution in [-0.4, -0.2) is 53.0 Å². The molecule has 2 radical (unpaired) electrons. The van der Waals surface area contributed by atoms with Gasteiger partial charge in [-0.1, -0.05) is 134 Å². The number of pyridine rings is 8. The number of ether oxygens (including phenoxy) is 1. The topological polar surface area (TPSA) is 177 Å². The van der Waals surface area contributed by atoms with Crippen LogP contribution in [0.2, 0.25) is 0 Å². The number of hydrogen-bond acceptors (Lipinski definition) is 12. The Morgan fingerprint density at radius 1 is 0.424 bits per heavy atom. The number of carbonyl (C=O) groups excluding carboxylic acids is 1. The van der Waals surface area contributed by atoms with Gasteiger partial charge in [-0.05, 0) is 54.1 Å². The first-order valence-corrected chi connectivity index (χ1v) is 26.5. The van der Waals surface area contributed by atoms with Crippen molar-refractivity contribution in [1.29, 1.82) is 10.5 Å². The van der Waals surface area contributed by atoms with E-state index in [0.717, 1.165) is 88.6 Å². The zero-order valence-electron chi connectivity index (χ0n) is 45.0. The molecule has 0 aliphatic heterocycles. The SMILES string of the molecule is C.CC#N.CC#N.COC(=O)c1cc(-c2ccccn2)[c-]c(-c2ccccn2)c1.Cc1cc(-c2ccccn2)[c-]c(-c2ccccn2)c1.F[P-](F)(F)(F)(F)F.[Ru+].[Ru+].c1cnc2c(c1)ccc1cccnc12.c1cnc2c(c1)ccc1cccnc12. The van der Waals surface area contributed by atoms with E-state index in [1.54, 1.807) is 73.8 Å². The van der Waals surface area contributed by atoms with Gasteiger partial charge < -0.3 is 4.74 Å². The van der Waals surface area contributed by atoms with Gasteiger partial charge in [0.05, 0.1) is 41.3 Å². The van der Waals surface area contributed by atoms with Crippen molar-refractivity contribution in [1.82, 2.24) is 39.9 Å². The summed E-state index contributed by atoms with van der Waals surface area (Å²) >= 11 is 0. The average Bonchev–Trinajstić information content (AvgIpc) is 3.56. The number of esters is 1. The number of rotatable bonds is 5. The van der Waals surface area contributed by atoms with Crippen LogP contribution in [0.25, 0.3) is 88.6 Å². The van der Waals surface area contributed by atoms with Gasteiger partial charge in [-0.25, -0.2) is 4.79 Å². The van der Waals surface area contributed by atoms with Crippen LogP contribution < -0.4 is 0 Å². The molecule has 0 fully saturated rings. The summed E-state index contributed by atoms with van der Waals surface area (Å²) in [6.45, 7) is 4.94. The third-order valence-corrected chi connectivity index (χ3v) is 10.8. The van der Waals surface area contributed by atoms with Crippen molar-refractivity contribution in [2.24, 2.45) is 0 Å². The fourth-order valence-corrected chi connectivity index (χ4v) is 7.52. The quantitative estimate of drug-likeness (QED) is 0.0398. The van der Waals surface area contributed by atoms with Gasteiger partial charge in [-0.2, -0.15) is 10.5 Å². The Hall–Kier alpha value is -9.17. The van der Waals surface area contributed by atoms with E-state index in [2.05, 4.69) is 120 Å². The second-order valence-electron chi connectivity index (χ2n) is 16.9. The summed E-state index contributed by atoms with van der Waals surface area (Å²) in [6, 6.07) is 65.1. The zero-order valence-corrected chi connectivity index (χ0v) is 49.4. The molecule has 8 aromatic heterocycles. The maximum absolute atomic E-state index is 11.9. The van der Waals surface area contributed by atoms with E-state index in [9.17, 15) is 30.0 Å². The number of carbonyl (C=O) groups is 1. The molecule has 0 amide bonds. The molecule has 0 bridgehead atoms. The number of aromatic nitrogens is 8. The molecular formula is C64H52F6N10O2PRu2-. The van der Waals surface area contributed by atoms with Crippen molar-refractivity contribution in [3.05, 3.63) is 243 Å². The predicted molar refractivity (Wildman–Crippen MR) is 317 cm³/mol. The van der Waals surface area contributed by atoms with Gasteiger partial charge in [0.2, 0.25) is 0 Å². The molecule has 0 saturated carbocycles. The van der Waals surface area contributed by atoms with Crippen LogP contribution in [0.4, 0.5) is 25.2 Å². The summed E-state index contributed by atoms with van der Waals surface area (Å²) in [7, 11) is -9.30. The number of aryl methyl sites for hydroxylation is 1. The van der Waals surface area contributed by atoms with Crippen molar-refractivity contribution in [2.45, 2.75) is 28.2 Å². The van der Waals surface area contributed by atoms with Gasteiger partial charge >= 0.3 is 77.9 Å². The van der Waals surface area contributed by atoms with Crippen molar-refractivity contribution in [3.8, 4) is 57.2 Å². The molecule has 0 saturated heterocycles. The van der Waals surface area contributed by atoms with E-state index < -0.39 is 13.8 Å². The van der Waals surface area contributed by atoms with Gasteiger partial charge in [0, 0.05) is 108 Å². The minimum atomic E-state index is -10.7. The van der Waals surface area contributed by atoms with Crippen molar-refractivity contribution >= 4 is 57.4 Å². The van der Waals surface area contributed by atoms with Gasteiger partial charge in [-0.15, -0.1) is 42.0 Å². The first-order valence-electron chi connectivity index (χ1n) is 24.5. The number of benzene rings is 4. The van der Waals surface area contributed by atoms with Crippen molar-refractivity contribution in [2.75, 3.05) is 7.11 Å². The fraction of sp³-hybridized carbons (Fsp3) is 0.0781. The van der Waals surface area contributed by atoms with Crippen LogP contribution in [0.5, 0.6) is 0 Å². The predicted octanol–water partition coefficient (Wildman–Crippen LogP) is 18.0. The summed E-state index contributed by atoms with van der Waals surface area (Å²) < 4.78 is 64.0. The smallest absolute Gasteiger partial charge is 0.254 e. The summed E-state index contributed by atoms with van der Waals surface area (Å²) in [4.78, 5) is 46.6. The largest absolute Gasteiger partial charge is 1.00 e. The Kier molecular flexibility index (Phi) is 26.9. The van der Waals surface area contributed by atoms with Crippen molar-refractivity contribution < 1.29 is 73.7 Å². The molecule has 0 unspecified atom stereocenters. The van der Waals surface area contributed by atoms with Crippen LogP contribution in [0.3, 0.4) is 0 Å². The molecule has 12 rings (SSSR count). The molecule has 4 aromatic carbocycles. The standard InChI is InChI=1S/C18H13N2O2.C17H13N2.2C12H8N2.2C2H3N.CH4.F6P.2Ru/c1-22-18(21)15-11-13(16-6-2-4-8-19-16)10-14(12-15)17-7-3-5-9-20-17;1-13-10-14(16-6-2-4-8-18-16)12-15(11-13)17-7-3-5-9-19-17;2*1-3-9-5-6-10-4-2-8-14-12(10)11(9)13-7-1;2*1-2-3;;1-7(2,3,4,5)6;;/h2-9,11-12H,1H3;2-11H,1H3;2*1-8H;2*1H3;1H4;;;/q2*-1;;;;;;-1;2*+1. The monoisotopic (exact) mass is 1340 g/mol. The Balaban J connectivity index is 0.000000277. The molecule has 85 heavy (non-hydrogen) atoms. The molecule has 0 spiro atoms. The van der Waals surface area contributed by atoms with Crippen LogP contribution >= 0.6 is 7.81 Å². The Morgan fingerprint density at radius 2 is 0.659 bits per heavy atom. The fourth-order valence-electron chi connectivity index (χ4n) is 7.52. The first-order chi connectivity index (χ1) is 39.3. The summed E-state index contributed by atoms with van der Waals surface area (Å²) in [5.41, 5.74) is 12.3. The maximum Gasteiger partial charge on any atom is 1.00 e. The molecule has 0 aliphatic rings. The Morgan fingerprint density at radius 3 is 0.882 bits per heavy atom. The average molecular weight is 1340 g/mol. The zero-order chi connectivity index (χ0) is 59.0. The third-order valence-electron chi connectivity index (χ3n) is 10.8. The van der Waals surface area contributed by atoms with Crippen LogP contribution in [0.1, 0.15) is 37.2 Å². The number of halogens is 6.